The van der Waals surface area contributed by atoms with Gasteiger partial charge in [-0.1, -0.05) is 96.8 Å². The molecule has 0 saturated carbocycles. The molecule has 0 unspecified atom stereocenters. The van der Waals surface area contributed by atoms with Gasteiger partial charge in [0, 0.05) is 25.9 Å². The van der Waals surface area contributed by atoms with Crippen LogP contribution in [0.3, 0.4) is 0 Å². The Morgan fingerprint density at radius 3 is 1.08 bits per heavy atom. The number of aliphatic carboxylic acids is 1. The van der Waals surface area contributed by atoms with Gasteiger partial charge in [0.25, 0.3) is 0 Å². The molecule has 150 valence electrons. The van der Waals surface area contributed by atoms with E-state index in [1.54, 1.807) is 0 Å². The van der Waals surface area contributed by atoms with Crippen molar-refractivity contribution in [3.63, 3.8) is 0 Å². The third-order valence-corrected chi connectivity index (χ3v) is 3.99. The van der Waals surface area contributed by atoms with Gasteiger partial charge in [0.05, 0.1) is 0 Å². The SMILES string of the molecule is CCCCCCCCCCCCCCCCCC(=O)O.O=C(O)O.[Ca+2].[H-].[H-].[Zn]. The number of carboxylic acid groups (broad SMARTS) is 3. The van der Waals surface area contributed by atoms with E-state index in [2.05, 4.69) is 6.92 Å². The van der Waals surface area contributed by atoms with Crippen molar-refractivity contribution in [1.29, 1.82) is 0 Å². The fraction of sp³-hybridized carbons (Fsp3) is 0.895. The first-order chi connectivity index (χ1) is 11.5. The van der Waals surface area contributed by atoms with Gasteiger partial charge in [0.1, 0.15) is 0 Å². The first-order valence-corrected chi connectivity index (χ1v) is 9.64. The fourth-order valence-electron chi connectivity index (χ4n) is 2.65. The Bertz CT molecular complexity index is 297. The zero-order valence-electron chi connectivity index (χ0n) is 18.9. The van der Waals surface area contributed by atoms with Crippen molar-refractivity contribution in [2.24, 2.45) is 0 Å². The Hall–Kier alpha value is 0.623. The van der Waals surface area contributed by atoms with E-state index in [4.69, 9.17) is 20.1 Å². The third-order valence-electron chi connectivity index (χ3n) is 3.99. The average molecular weight is 454 g/mol. The minimum Gasteiger partial charge on any atom is -1.00 e. The van der Waals surface area contributed by atoms with E-state index in [1.807, 2.05) is 0 Å². The summed E-state index contributed by atoms with van der Waals surface area (Å²) in [5.41, 5.74) is 0. The van der Waals surface area contributed by atoms with Gasteiger partial charge in [0.2, 0.25) is 0 Å². The van der Waals surface area contributed by atoms with Crippen LogP contribution in [0.15, 0.2) is 0 Å². The van der Waals surface area contributed by atoms with Gasteiger partial charge in [-0.05, 0) is 6.42 Å². The first kappa shape index (κ1) is 34.2. The molecule has 3 N–H and O–H groups in total. The summed E-state index contributed by atoms with van der Waals surface area (Å²) >= 11 is 0. The third kappa shape index (κ3) is 44.2. The molecule has 0 spiro atoms. The summed E-state index contributed by atoms with van der Waals surface area (Å²) in [5.74, 6) is -0.653. The molecule has 0 radical (unpaired) electrons. The van der Waals surface area contributed by atoms with Crippen LogP contribution in [0.25, 0.3) is 0 Å². The molecule has 0 aliphatic heterocycles. The number of hydrogen-bond acceptors (Lipinski definition) is 2. The topological polar surface area (TPSA) is 94.8 Å². The Kier molecular flexibility index (Phi) is 39.9. The van der Waals surface area contributed by atoms with Crippen molar-refractivity contribution < 1.29 is 47.2 Å². The zero-order chi connectivity index (χ0) is 18.5. The minimum absolute atomic E-state index is 0. The molecule has 7 heteroatoms. The quantitative estimate of drug-likeness (QED) is 0.186. The minimum atomic E-state index is -1.83. The van der Waals surface area contributed by atoms with Gasteiger partial charge in [-0.15, -0.1) is 0 Å². The van der Waals surface area contributed by atoms with Crippen molar-refractivity contribution >= 4 is 49.9 Å². The van der Waals surface area contributed by atoms with Crippen LogP contribution in [0.4, 0.5) is 4.79 Å². The van der Waals surface area contributed by atoms with Gasteiger partial charge in [-0.25, -0.2) is 4.79 Å². The molecule has 0 aromatic rings. The van der Waals surface area contributed by atoms with Crippen LogP contribution in [0.2, 0.25) is 0 Å². The van der Waals surface area contributed by atoms with Gasteiger partial charge in [0.15, 0.2) is 0 Å². The summed E-state index contributed by atoms with van der Waals surface area (Å²) in [5, 5.41) is 22.5. The molecule has 0 aromatic heterocycles. The Morgan fingerprint density at radius 1 is 0.615 bits per heavy atom. The average Bonchev–Trinajstić information content (AvgIpc) is 2.50. The molecular weight excluding hydrogens is 414 g/mol. The van der Waals surface area contributed by atoms with Gasteiger partial charge in [-0.2, -0.15) is 0 Å². The first-order valence-electron chi connectivity index (χ1n) is 9.64. The van der Waals surface area contributed by atoms with Crippen molar-refractivity contribution in [3.8, 4) is 0 Å². The molecule has 0 atom stereocenters. The zero-order valence-corrected chi connectivity index (χ0v) is 22.1. The van der Waals surface area contributed by atoms with Crippen LogP contribution < -0.4 is 0 Å². The number of rotatable bonds is 16. The number of carbonyl (C=O) groups is 2. The van der Waals surface area contributed by atoms with Crippen molar-refractivity contribution in [2.45, 2.75) is 110 Å². The molecule has 5 nitrogen and oxygen atoms in total. The standard InChI is InChI=1S/C18H36O2.CH2O3.Ca.Zn.2H/c1-2-3-4-5-6-7-8-9-10-11-12-13-14-15-16-17-18(19)20;2-1(3)4;;;;/h2-17H2,1H3,(H,19,20);(H2,2,3,4);;;;/q;;+2;;2*-1. The van der Waals surface area contributed by atoms with Crippen molar-refractivity contribution in [2.75, 3.05) is 0 Å². The van der Waals surface area contributed by atoms with E-state index < -0.39 is 12.1 Å². The van der Waals surface area contributed by atoms with E-state index in [9.17, 15) is 4.79 Å². The molecule has 26 heavy (non-hydrogen) atoms. The fourth-order valence-corrected chi connectivity index (χ4v) is 2.65. The van der Waals surface area contributed by atoms with Crippen LogP contribution >= 0.6 is 0 Å². The van der Waals surface area contributed by atoms with Gasteiger partial charge in [-0.3, -0.25) is 4.79 Å². The summed E-state index contributed by atoms with van der Waals surface area (Å²) in [7, 11) is 0. The molecule has 0 heterocycles. The normalized spacial score (nSPS) is 9.27. The van der Waals surface area contributed by atoms with Crippen LogP contribution in [0, 0.1) is 0 Å². The molecule has 0 saturated heterocycles. The maximum Gasteiger partial charge on any atom is 2.00 e. The second-order valence-corrected chi connectivity index (χ2v) is 6.38. The molecule has 0 aliphatic carbocycles. The number of carboxylic acids is 1. The van der Waals surface area contributed by atoms with E-state index in [0.29, 0.717) is 6.42 Å². The smallest absolute Gasteiger partial charge is 1.00 e. The molecule has 0 aliphatic rings. The summed E-state index contributed by atoms with van der Waals surface area (Å²) in [6, 6.07) is 0. The Balaban J connectivity index is -0.000000137. The molecular formula is C19H40CaO5Zn. The summed E-state index contributed by atoms with van der Waals surface area (Å²) in [4.78, 5) is 18.9. The molecule has 0 fully saturated rings. The Morgan fingerprint density at radius 2 is 0.846 bits per heavy atom. The molecule has 0 aromatic carbocycles. The van der Waals surface area contributed by atoms with Crippen LogP contribution in [0.1, 0.15) is 113 Å². The largest absolute Gasteiger partial charge is 2.00 e. The maximum absolute atomic E-state index is 10.3. The monoisotopic (exact) mass is 452 g/mol. The number of hydrogen-bond donors (Lipinski definition) is 3. The summed E-state index contributed by atoms with van der Waals surface area (Å²) in [6.45, 7) is 2.27. The maximum atomic E-state index is 10.3. The van der Waals surface area contributed by atoms with E-state index >= 15 is 0 Å². The molecule has 0 bridgehead atoms. The van der Waals surface area contributed by atoms with E-state index in [1.165, 1.54) is 83.5 Å². The van der Waals surface area contributed by atoms with Gasteiger partial charge >= 0.3 is 49.9 Å². The van der Waals surface area contributed by atoms with E-state index in [-0.39, 0.29) is 60.1 Å². The Labute approximate surface area is 205 Å². The number of unbranched alkanes of at least 4 members (excludes halogenated alkanes) is 14. The van der Waals surface area contributed by atoms with Crippen LogP contribution in [-0.2, 0) is 24.3 Å². The van der Waals surface area contributed by atoms with Crippen molar-refractivity contribution in [3.05, 3.63) is 0 Å². The van der Waals surface area contributed by atoms with E-state index in [0.717, 1.165) is 12.8 Å². The molecule has 0 rings (SSSR count). The van der Waals surface area contributed by atoms with Gasteiger partial charge < -0.3 is 18.2 Å². The molecule has 0 amide bonds. The second kappa shape index (κ2) is 30.4. The van der Waals surface area contributed by atoms with Crippen LogP contribution in [-0.4, -0.2) is 65.2 Å². The summed E-state index contributed by atoms with van der Waals surface area (Å²) < 4.78 is 0. The second-order valence-electron chi connectivity index (χ2n) is 6.38. The predicted molar refractivity (Wildman–Crippen MR) is 106 cm³/mol. The van der Waals surface area contributed by atoms with Crippen molar-refractivity contribution in [1.82, 2.24) is 0 Å². The summed E-state index contributed by atoms with van der Waals surface area (Å²) in [6.07, 6.45) is 18.4. The predicted octanol–water partition coefficient (Wildman–Crippen LogP) is 6.40. The van der Waals surface area contributed by atoms with Crippen LogP contribution in [0.5, 0.6) is 0 Å².